The van der Waals surface area contributed by atoms with Crippen LogP contribution in [0.2, 0.25) is 0 Å². The lowest BCUT2D eigenvalue weighted by atomic mass is 10.2. The summed E-state index contributed by atoms with van der Waals surface area (Å²) in [7, 11) is -3.03. The standard InChI is InChI=1S/C8H6BrNO2S/c9-4-1-7-8(10-3-4)5-2-6(5)13(7,11)12/h1,3,5-6H,2H2. The minimum absolute atomic E-state index is 0.163. The molecule has 0 amide bonds. The average Bonchev–Trinajstić information content (AvgIpc) is 2.79. The van der Waals surface area contributed by atoms with Crippen LogP contribution in [0.4, 0.5) is 0 Å². The highest BCUT2D eigenvalue weighted by Gasteiger charge is 2.57. The third kappa shape index (κ3) is 0.889. The highest BCUT2D eigenvalue weighted by molar-refractivity contribution is 9.10. The van der Waals surface area contributed by atoms with Crippen LogP contribution in [0.15, 0.2) is 21.6 Å². The lowest BCUT2D eigenvalue weighted by Gasteiger charge is -2.01. The minimum Gasteiger partial charge on any atom is -0.258 e. The maximum atomic E-state index is 11.7. The van der Waals surface area contributed by atoms with Crippen molar-refractivity contribution in [3.05, 3.63) is 22.4 Å². The third-order valence-corrected chi connectivity index (χ3v) is 5.33. The molecule has 0 spiro atoms. The molecule has 0 aromatic carbocycles. The summed E-state index contributed by atoms with van der Waals surface area (Å²) in [5.74, 6) is 0.188. The summed E-state index contributed by atoms with van der Waals surface area (Å²) in [5.41, 5.74) is 0.771. The van der Waals surface area contributed by atoms with Crippen LogP contribution in [0, 0.1) is 0 Å². The van der Waals surface area contributed by atoms with Gasteiger partial charge in [0.15, 0.2) is 9.84 Å². The predicted molar refractivity (Wildman–Crippen MR) is 50.3 cm³/mol. The second-order valence-corrected chi connectivity index (χ2v) is 6.51. The number of sulfone groups is 1. The molecular formula is C8H6BrNO2S. The van der Waals surface area contributed by atoms with Gasteiger partial charge in [-0.1, -0.05) is 0 Å². The van der Waals surface area contributed by atoms with Crippen molar-refractivity contribution < 1.29 is 8.42 Å². The van der Waals surface area contributed by atoms with Gasteiger partial charge in [-0.15, -0.1) is 0 Å². The Balaban J connectivity index is 2.37. The molecule has 0 saturated heterocycles. The van der Waals surface area contributed by atoms with E-state index in [1.807, 2.05) is 0 Å². The minimum atomic E-state index is -3.03. The summed E-state index contributed by atoms with van der Waals surface area (Å²) < 4.78 is 24.2. The Morgan fingerprint density at radius 2 is 2.31 bits per heavy atom. The maximum Gasteiger partial charge on any atom is 0.183 e. The van der Waals surface area contributed by atoms with Crippen LogP contribution < -0.4 is 0 Å². The van der Waals surface area contributed by atoms with Crippen LogP contribution >= 0.6 is 15.9 Å². The number of fused-ring (bicyclic) bond motifs is 3. The molecule has 1 saturated carbocycles. The zero-order chi connectivity index (χ0) is 9.22. The first-order valence-corrected chi connectivity index (χ1v) is 6.34. The number of pyridine rings is 1. The van der Waals surface area contributed by atoms with Crippen LogP contribution in [0.25, 0.3) is 0 Å². The quantitative estimate of drug-likeness (QED) is 0.710. The van der Waals surface area contributed by atoms with Crippen molar-refractivity contribution in [2.24, 2.45) is 0 Å². The van der Waals surface area contributed by atoms with E-state index >= 15 is 0 Å². The normalized spacial score (nSPS) is 32.4. The summed E-state index contributed by atoms with van der Waals surface area (Å²) in [6.45, 7) is 0. The molecule has 3 nitrogen and oxygen atoms in total. The van der Waals surface area contributed by atoms with Gasteiger partial charge < -0.3 is 0 Å². The molecule has 2 aliphatic rings. The number of hydrogen-bond acceptors (Lipinski definition) is 3. The molecule has 68 valence electrons. The highest BCUT2D eigenvalue weighted by Crippen LogP contribution is 2.55. The molecule has 2 unspecified atom stereocenters. The lowest BCUT2D eigenvalue weighted by molar-refractivity contribution is 0.596. The molecule has 0 N–H and O–H groups in total. The van der Waals surface area contributed by atoms with Crippen molar-refractivity contribution in [3.63, 3.8) is 0 Å². The topological polar surface area (TPSA) is 47.0 Å². The van der Waals surface area contributed by atoms with Gasteiger partial charge in [0, 0.05) is 16.6 Å². The Kier molecular flexibility index (Phi) is 1.31. The number of hydrogen-bond donors (Lipinski definition) is 0. The molecule has 1 fully saturated rings. The molecule has 0 radical (unpaired) electrons. The van der Waals surface area contributed by atoms with Crippen molar-refractivity contribution in [2.45, 2.75) is 22.5 Å². The fourth-order valence-electron chi connectivity index (χ4n) is 1.90. The Morgan fingerprint density at radius 3 is 3.08 bits per heavy atom. The van der Waals surface area contributed by atoms with Gasteiger partial charge in [-0.3, -0.25) is 4.98 Å². The van der Waals surface area contributed by atoms with Crippen molar-refractivity contribution >= 4 is 25.8 Å². The van der Waals surface area contributed by atoms with Gasteiger partial charge in [-0.05, 0) is 28.4 Å². The maximum absolute atomic E-state index is 11.7. The van der Waals surface area contributed by atoms with Crippen molar-refractivity contribution in [1.29, 1.82) is 0 Å². The lowest BCUT2D eigenvalue weighted by Crippen LogP contribution is -2.03. The average molecular weight is 260 g/mol. The van der Waals surface area contributed by atoms with E-state index in [9.17, 15) is 8.42 Å². The fourth-order valence-corrected chi connectivity index (χ4v) is 4.52. The highest BCUT2D eigenvalue weighted by atomic mass is 79.9. The summed E-state index contributed by atoms with van der Waals surface area (Å²) in [6.07, 6.45) is 2.43. The molecule has 0 bridgehead atoms. The number of rotatable bonds is 0. The number of aromatic nitrogens is 1. The fraction of sp³-hybridized carbons (Fsp3) is 0.375. The molecule has 5 heteroatoms. The van der Waals surface area contributed by atoms with E-state index in [1.165, 1.54) is 0 Å². The first kappa shape index (κ1) is 7.94. The van der Waals surface area contributed by atoms with Gasteiger partial charge in [0.2, 0.25) is 0 Å². The van der Waals surface area contributed by atoms with E-state index < -0.39 is 9.84 Å². The van der Waals surface area contributed by atoms with Gasteiger partial charge in [0.25, 0.3) is 0 Å². The summed E-state index contributed by atoms with van der Waals surface area (Å²) in [6, 6.07) is 1.66. The van der Waals surface area contributed by atoms with Crippen molar-refractivity contribution in [3.8, 4) is 0 Å². The van der Waals surface area contributed by atoms with Gasteiger partial charge in [-0.25, -0.2) is 8.42 Å². The molecule has 2 heterocycles. The Labute approximate surface area is 84.2 Å². The molecule has 3 rings (SSSR count). The zero-order valence-corrected chi connectivity index (χ0v) is 8.97. The zero-order valence-electron chi connectivity index (χ0n) is 6.57. The van der Waals surface area contributed by atoms with Gasteiger partial charge in [0.1, 0.15) is 0 Å². The second kappa shape index (κ2) is 2.15. The molecule has 1 aliphatic carbocycles. The summed E-state index contributed by atoms with van der Waals surface area (Å²) in [5, 5.41) is -0.163. The summed E-state index contributed by atoms with van der Waals surface area (Å²) in [4.78, 5) is 4.58. The van der Waals surface area contributed by atoms with E-state index in [0.717, 1.165) is 16.6 Å². The molecular weight excluding hydrogens is 254 g/mol. The van der Waals surface area contributed by atoms with E-state index in [1.54, 1.807) is 12.3 Å². The van der Waals surface area contributed by atoms with Crippen LogP contribution in [-0.4, -0.2) is 18.7 Å². The Morgan fingerprint density at radius 1 is 1.54 bits per heavy atom. The largest absolute Gasteiger partial charge is 0.258 e. The van der Waals surface area contributed by atoms with Crippen LogP contribution in [0.1, 0.15) is 18.0 Å². The van der Waals surface area contributed by atoms with Crippen LogP contribution in [0.5, 0.6) is 0 Å². The first-order chi connectivity index (χ1) is 6.10. The van der Waals surface area contributed by atoms with Crippen molar-refractivity contribution in [2.75, 3.05) is 0 Å². The first-order valence-electron chi connectivity index (χ1n) is 4.00. The number of halogens is 1. The van der Waals surface area contributed by atoms with Gasteiger partial charge in [-0.2, -0.15) is 0 Å². The van der Waals surface area contributed by atoms with E-state index in [-0.39, 0.29) is 11.2 Å². The van der Waals surface area contributed by atoms with E-state index in [0.29, 0.717) is 4.90 Å². The summed E-state index contributed by atoms with van der Waals surface area (Å²) >= 11 is 3.22. The molecule has 2 atom stereocenters. The molecule has 1 aliphatic heterocycles. The second-order valence-electron chi connectivity index (χ2n) is 3.46. The number of nitrogens with zero attached hydrogens (tertiary/aromatic N) is 1. The van der Waals surface area contributed by atoms with E-state index in [4.69, 9.17) is 0 Å². The predicted octanol–water partition coefficient (Wildman–Crippen LogP) is 1.49. The van der Waals surface area contributed by atoms with Gasteiger partial charge in [0.05, 0.1) is 15.8 Å². The van der Waals surface area contributed by atoms with Crippen LogP contribution in [-0.2, 0) is 9.84 Å². The monoisotopic (exact) mass is 259 g/mol. The van der Waals surface area contributed by atoms with E-state index in [2.05, 4.69) is 20.9 Å². The smallest absolute Gasteiger partial charge is 0.183 e. The van der Waals surface area contributed by atoms with Crippen molar-refractivity contribution in [1.82, 2.24) is 4.98 Å². The molecule has 1 aromatic rings. The van der Waals surface area contributed by atoms with Gasteiger partial charge >= 0.3 is 0 Å². The van der Waals surface area contributed by atoms with Crippen LogP contribution in [0.3, 0.4) is 0 Å². The molecule has 1 aromatic heterocycles. The SMILES string of the molecule is O=S1(=O)c2cc(Br)cnc2C2CC21. The molecule has 13 heavy (non-hydrogen) atoms. The Hall–Kier alpha value is -0.420. The Bertz CT molecular complexity index is 497. The third-order valence-electron chi connectivity index (χ3n) is 2.64.